The number of halogens is 1. The van der Waals surface area contributed by atoms with Gasteiger partial charge in [0.15, 0.2) is 0 Å². The van der Waals surface area contributed by atoms with Crippen molar-refractivity contribution >= 4 is 47.2 Å². The van der Waals surface area contributed by atoms with Crippen LogP contribution in [0.15, 0.2) is 133 Å². The molecule has 7 aromatic carbocycles. The molecule has 2 radical (unpaired) electrons. The number of ether oxygens (including phenoxy) is 1. The summed E-state index contributed by atoms with van der Waals surface area (Å²) in [5.74, 6) is 1.22. The van der Waals surface area contributed by atoms with Crippen LogP contribution in [-0.2, 0) is 15.7 Å². The van der Waals surface area contributed by atoms with E-state index in [1.54, 1.807) is 6.07 Å². The van der Waals surface area contributed by atoms with E-state index in [1.165, 1.54) is 33.3 Å². The minimum atomic E-state index is -0.264. The fraction of sp³-hybridized carbons (Fsp3) is 0.167. The molecule has 1 aliphatic heterocycles. The van der Waals surface area contributed by atoms with Gasteiger partial charge in [0.1, 0.15) is 5.75 Å². The first-order valence-electron chi connectivity index (χ1n) is 18.3. The van der Waals surface area contributed by atoms with Gasteiger partial charge in [0.25, 0.3) is 0 Å². The number of benzene rings is 7. The predicted molar refractivity (Wildman–Crippen MR) is 226 cm³/mol. The first kappa shape index (κ1) is 37.4. The van der Waals surface area contributed by atoms with Crippen LogP contribution in [0, 0.1) is 27.4 Å². The number of fused-ring (bicyclic) bond motifs is 2. The average Bonchev–Trinajstić information content (AvgIpc) is 3.64. The van der Waals surface area contributed by atoms with Crippen molar-refractivity contribution in [3.05, 3.63) is 162 Å². The van der Waals surface area contributed by atoms with E-state index in [2.05, 4.69) is 133 Å². The summed E-state index contributed by atoms with van der Waals surface area (Å²) >= 11 is -0.264. The number of hydrogen-bond donors (Lipinski definition) is 1. The molecule has 7 aromatic rings. The molecule has 1 fully saturated rings. The van der Waals surface area contributed by atoms with Gasteiger partial charge in [-0.1, -0.05) is 72.3 Å². The number of hydrogen-bond acceptors (Lipinski definition) is 4. The Balaban J connectivity index is 0.000000201. The van der Waals surface area contributed by atoms with Crippen LogP contribution in [0.2, 0.25) is 0 Å². The van der Waals surface area contributed by atoms with Gasteiger partial charge in [-0.3, -0.25) is 0 Å². The molecule has 0 bridgehead atoms. The molecule has 6 heteroatoms. The van der Waals surface area contributed by atoms with Gasteiger partial charge in [0.2, 0.25) is 6.67 Å². The number of aryl methyl sites for hydroxylation is 3. The van der Waals surface area contributed by atoms with Crippen LogP contribution >= 0.6 is 9.69 Å². The number of phenolic OH excluding ortho intramolecular Hbond substituents is 1. The third kappa shape index (κ3) is 7.94. The summed E-state index contributed by atoms with van der Waals surface area (Å²) in [7, 11) is 5.92. The summed E-state index contributed by atoms with van der Waals surface area (Å²) in [6, 6.07) is 45.9. The smallest absolute Gasteiger partial charge is 0.208 e. The predicted octanol–water partition coefficient (Wildman–Crippen LogP) is 12.1. The second-order valence-electron chi connectivity index (χ2n) is 14.0. The number of anilines is 2. The van der Waals surface area contributed by atoms with Crippen molar-refractivity contribution in [3.8, 4) is 33.8 Å². The molecule has 8 rings (SSSR count). The van der Waals surface area contributed by atoms with Crippen molar-refractivity contribution in [1.82, 2.24) is 0 Å². The molecule has 0 atom stereocenters. The van der Waals surface area contributed by atoms with E-state index in [-0.39, 0.29) is 21.8 Å². The fourth-order valence-corrected chi connectivity index (χ4v) is 8.56. The second kappa shape index (κ2) is 16.6. The Morgan fingerprint density at radius 1 is 0.704 bits per heavy atom. The van der Waals surface area contributed by atoms with Gasteiger partial charge >= 0.3 is 126 Å². The molecule has 0 aromatic heterocycles. The minimum absolute atomic E-state index is 0.142. The standard InChI is InChI=1S/C32H28N2O.C16H16O.ClH.Ru/c1-21-16-22(2)32(23(3)17-21)34-15-14-33(20-34)29-19-26-10-5-4-9-25(26)18-28(29)31-27-11-7-6-8-24(27)12-13-30(31)35;1-12(2)17-16-13(3)8-7-11-15(16)14-9-5-4-6-10-14;;/h4-13,16-19,35H,14-15H2,1-3H3;3-12H,1-2H3;1H;/q;;;+1/p-1. The van der Waals surface area contributed by atoms with Crippen LogP contribution in [0.4, 0.5) is 11.4 Å². The molecule has 1 aliphatic rings. The summed E-state index contributed by atoms with van der Waals surface area (Å²) < 4.78 is 8.08. The van der Waals surface area contributed by atoms with Crippen LogP contribution in [0.5, 0.6) is 11.5 Å². The minimum Gasteiger partial charge on any atom is -0.507 e. The zero-order chi connectivity index (χ0) is 37.8. The Bertz CT molecular complexity index is 2440. The van der Waals surface area contributed by atoms with Crippen molar-refractivity contribution < 1.29 is 25.5 Å². The summed E-state index contributed by atoms with van der Waals surface area (Å²) in [6.07, 6.45) is 0.142. The molecule has 0 aliphatic carbocycles. The Morgan fingerprint density at radius 2 is 1.35 bits per heavy atom. The molecule has 0 amide bonds. The quantitative estimate of drug-likeness (QED) is 0.163. The zero-order valence-corrected chi connectivity index (χ0v) is 33.7. The van der Waals surface area contributed by atoms with E-state index in [9.17, 15) is 5.11 Å². The van der Waals surface area contributed by atoms with Crippen molar-refractivity contribution in [2.75, 3.05) is 22.9 Å². The summed E-state index contributed by atoms with van der Waals surface area (Å²) in [5, 5.41) is 15.6. The van der Waals surface area contributed by atoms with Gasteiger partial charge in [-0.25, -0.2) is 0 Å². The Kier molecular flexibility index (Phi) is 11.5. The topological polar surface area (TPSA) is 35.9 Å². The Labute approximate surface area is 330 Å². The summed E-state index contributed by atoms with van der Waals surface area (Å²) in [5.41, 5.74) is 11.4. The van der Waals surface area contributed by atoms with Gasteiger partial charge in [-0.05, 0) is 71.6 Å². The average molecular weight is 817 g/mol. The van der Waals surface area contributed by atoms with Crippen molar-refractivity contribution in [2.45, 2.75) is 40.7 Å². The number of aromatic hydroxyl groups is 1. The van der Waals surface area contributed by atoms with Gasteiger partial charge in [0.05, 0.1) is 0 Å². The van der Waals surface area contributed by atoms with E-state index in [0.29, 0.717) is 5.75 Å². The molecule has 0 unspecified atom stereocenters. The molecule has 4 nitrogen and oxygen atoms in total. The number of phenols is 1. The van der Waals surface area contributed by atoms with E-state index in [0.717, 1.165) is 62.9 Å². The van der Waals surface area contributed by atoms with E-state index in [1.807, 2.05) is 50.2 Å². The van der Waals surface area contributed by atoms with Crippen molar-refractivity contribution in [3.63, 3.8) is 0 Å². The number of rotatable bonds is 7. The molecule has 54 heavy (non-hydrogen) atoms. The SMILES string of the molecule is CC(C)Oc1c([CH]=[Ru][Cl])cccc1-c1ccccc1.Cc1cc(C)c(N2[C]N(c3cc4ccccc4cc3-c3c(O)ccc4ccccc34)CC2)c(C)c1. The van der Waals surface area contributed by atoms with Gasteiger partial charge in [-0.2, -0.15) is 0 Å². The largest absolute Gasteiger partial charge is 0.507 e. The number of nitrogens with zero attached hydrogens (tertiary/aromatic N) is 2. The third-order valence-corrected chi connectivity index (χ3v) is 10.8. The van der Waals surface area contributed by atoms with Gasteiger partial charge < -0.3 is 14.9 Å². The first-order valence-corrected chi connectivity index (χ1v) is 21.5. The maximum absolute atomic E-state index is 11.1. The fourth-order valence-electron chi connectivity index (χ4n) is 7.46. The maximum atomic E-state index is 11.1. The Hall–Kier alpha value is -4.96. The second-order valence-corrected chi connectivity index (χ2v) is 15.8. The molecule has 1 heterocycles. The van der Waals surface area contributed by atoms with Crippen molar-refractivity contribution in [1.29, 1.82) is 0 Å². The van der Waals surface area contributed by atoms with E-state index < -0.39 is 0 Å². The monoisotopic (exact) mass is 817 g/mol. The van der Waals surface area contributed by atoms with Crippen LogP contribution in [0.3, 0.4) is 0 Å². The molecular weight excluding hydrogens is 773 g/mol. The summed E-state index contributed by atoms with van der Waals surface area (Å²) in [6.45, 7) is 15.9. The van der Waals surface area contributed by atoms with Crippen LogP contribution < -0.4 is 14.5 Å². The molecule has 1 N–H and O–H groups in total. The maximum Gasteiger partial charge on any atom is 0.208 e. The molecule has 273 valence electrons. The van der Waals surface area contributed by atoms with Gasteiger partial charge in [-0.15, -0.1) is 0 Å². The van der Waals surface area contributed by atoms with Crippen molar-refractivity contribution in [2.24, 2.45) is 0 Å². The van der Waals surface area contributed by atoms with E-state index >= 15 is 0 Å². The molecular formula is C48H44ClN2O2Ru. The van der Waals surface area contributed by atoms with Crippen LogP contribution in [0.25, 0.3) is 43.8 Å². The first-order chi connectivity index (χ1) is 26.2. The Morgan fingerprint density at radius 3 is 2.06 bits per heavy atom. The molecule has 1 saturated heterocycles. The molecule has 0 spiro atoms. The third-order valence-electron chi connectivity index (χ3n) is 9.66. The van der Waals surface area contributed by atoms with Gasteiger partial charge in [0, 0.05) is 35.6 Å². The van der Waals surface area contributed by atoms with Crippen LogP contribution in [-0.4, -0.2) is 28.9 Å². The normalized spacial score (nSPS) is 13.0. The molecule has 0 saturated carbocycles. The zero-order valence-electron chi connectivity index (χ0n) is 31.3. The van der Waals surface area contributed by atoms with Crippen LogP contribution in [0.1, 0.15) is 36.1 Å². The number of para-hydroxylation sites is 1. The van der Waals surface area contributed by atoms with E-state index in [4.69, 9.17) is 14.4 Å². The summed E-state index contributed by atoms with van der Waals surface area (Å²) in [4.78, 5) is 4.45.